The minimum absolute atomic E-state index is 0.120. The molecule has 0 spiro atoms. The van der Waals surface area contributed by atoms with E-state index in [2.05, 4.69) is 36.5 Å². The lowest BCUT2D eigenvalue weighted by molar-refractivity contribution is 0.0934. The first kappa shape index (κ1) is 21.4. The summed E-state index contributed by atoms with van der Waals surface area (Å²) in [5, 5.41) is 5.66. The summed E-state index contributed by atoms with van der Waals surface area (Å²) in [7, 11) is 1.59. The van der Waals surface area contributed by atoms with Gasteiger partial charge in [-0.25, -0.2) is 9.97 Å². The smallest absolute Gasteiger partial charge is 0.270 e. The van der Waals surface area contributed by atoms with Crippen LogP contribution < -0.4 is 15.4 Å². The van der Waals surface area contributed by atoms with E-state index in [0.29, 0.717) is 12.3 Å². The number of rotatable bonds is 7. The van der Waals surface area contributed by atoms with Gasteiger partial charge in [-0.2, -0.15) is 0 Å². The molecular weight excluding hydrogens is 448 g/mol. The van der Waals surface area contributed by atoms with Crippen LogP contribution in [0.4, 0.5) is 0 Å². The first-order chi connectivity index (χ1) is 14.5. The van der Waals surface area contributed by atoms with Gasteiger partial charge in [0.25, 0.3) is 11.8 Å². The van der Waals surface area contributed by atoms with Gasteiger partial charge in [0.1, 0.15) is 23.5 Å². The molecule has 2 aromatic carbocycles. The van der Waals surface area contributed by atoms with Crippen molar-refractivity contribution in [3.05, 3.63) is 87.9 Å². The average Bonchev–Trinajstić information content (AvgIpc) is 2.78. The molecule has 0 saturated heterocycles. The lowest BCUT2D eigenvalue weighted by Gasteiger charge is -2.14. The van der Waals surface area contributed by atoms with Gasteiger partial charge in [-0.15, -0.1) is 0 Å². The molecule has 0 radical (unpaired) electrons. The van der Waals surface area contributed by atoms with E-state index >= 15 is 0 Å². The van der Waals surface area contributed by atoms with Gasteiger partial charge >= 0.3 is 0 Å². The summed E-state index contributed by atoms with van der Waals surface area (Å²) in [4.78, 5) is 33.0. The van der Waals surface area contributed by atoms with Crippen LogP contribution in [-0.4, -0.2) is 28.9 Å². The van der Waals surface area contributed by atoms with Gasteiger partial charge in [0.15, 0.2) is 0 Å². The van der Waals surface area contributed by atoms with Crippen LogP contribution in [0.25, 0.3) is 0 Å². The Balaban J connectivity index is 1.63. The molecule has 0 aliphatic rings. The van der Waals surface area contributed by atoms with Gasteiger partial charge in [-0.3, -0.25) is 9.59 Å². The van der Waals surface area contributed by atoms with Crippen LogP contribution in [0.2, 0.25) is 0 Å². The third-order valence-electron chi connectivity index (χ3n) is 4.44. The van der Waals surface area contributed by atoms with E-state index < -0.39 is 5.91 Å². The predicted octanol–water partition coefficient (Wildman–Crippen LogP) is 3.67. The number of halogens is 1. The van der Waals surface area contributed by atoms with Crippen LogP contribution in [0.5, 0.6) is 5.75 Å². The first-order valence-electron chi connectivity index (χ1n) is 9.26. The third kappa shape index (κ3) is 5.64. The van der Waals surface area contributed by atoms with Crippen LogP contribution in [0, 0.1) is 0 Å². The summed E-state index contributed by atoms with van der Waals surface area (Å²) in [5.41, 5.74) is 2.09. The van der Waals surface area contributed by atoms with E-state index in [1.165, 1.54) is 12.4 Å². The highest BCUT2D eigenvalue weighted by Gasteiger charge is 2.16. The Morgan fingerprint density at radius 2 is 1.73 bits per heavy atom. The van der Waals surface area contributed by atoms with Crippen molar-refractivity contribution in [3.63, 3.8) is 0 Å². The number of amides is 2. The molecule has 1 heterocycles. The molecule has 0 aliphatic carbocycles. The van der Waals surface area contributed by atoms with Gasteiger partial charge < -0.3 is 15.4 Å². The predicted molar refractivity (Wildman–Crippen MR) is 116 cm³/mol. The van der Waals surface area contributed by atoms with Crippen LogP contribution >= 0.6 is 15.9 Å². The normalized spacial score (nSPS) is 11.4. The van der Waals surface area contributed by atoms with Gasteiger partial charge in [0.05, 0.1) is 13.2 Å². The molecule has 0 aliphatic heterocycles. The maximum absolute atomic E-state index is 12.6. The Kier molecular flexibility index (Phi) is 7.13. The fraction of sp³-hybridized carbons (Fsp3) is 0.182. The van der Waals surface area contributed by atoms with Crippen molar-refractivity contribution in [2.24, 2.45) is 0 Å². The lowest BCUT2D eigenvalue weighted by Crippen LogP contribution is -2.29. The monoisotopic (exact) mass is 468 g/mol. The topological polar surface area (TPSA) is 93.2 Å². The second-order valence-electron chi connectivity index (χ2n) is 6.57. The molecule has 3 aromatic rings. The summed E-state index contributed by atoms with van der Waals surface area (Å²) in [5.74, 6) is -0.0625. The number of methoxy groups -OCH3 is 1. The number of aromatic nitrogens is 2. The lowest BCUT2D eigenvalue weighted by atomic mass is 10.1. The zero-order valence-corrected chi connectivity index (χ0v) is 18.1. The molecular formula is C22H21BrN4O3. The van der Waals surface area contributed by atoms with Gasteiger partial charge in [-0.05, 0) is 42.3 Å². The second-order valence-corrected chi connectivity index (χ2v) is 7.49. The van der Waals surface area contributed by atoms with E-state index in [1.807, 2.05) is 55.5 Å². The third-order valence-corrected chi connectivity index (χ3v) is 4.97. The number of hydrogen-bond acceptors (Lipinski definition) is 5. The molecule has 7 nitrogen and oxygen atoms in total. The molecule has 154 valence electrons. The molecule has 1 aromatic heterocycles. The maximum Gasteiger partial charge on any atom is 0.270 e. The van der Waals surface area contributed by atoms with Crippen molar-refractivity contribution in [3.8, 4) is 5.75 Å². The van der Waals surface area contributed by atoms with Crippen molar-refractivity contribution in [2.75, 3.05) is 7.11 Å². The van der Waals surface area contributed by atoms with E-state index in [-0.39, 0.29) is 23.3 Å². The number of nitrogens with one attached hydrogen (secondary N) is 2. The molecule has 8 heteroatoms. The SMILES string of the molecule is COc1cccc(CNC(=O)c2cc(C(=O)N[C@H](C)c3ccc(Br)cc3)ncn2)c1. The zero-order valence-electron chi connectivity index (χ0n) is 16.6. The maximum atomic E-state index is 12.6. The van der Waals surface area contributed by atoms with Crippen molar-refractivity contribution in [1.82, 2.24) is 20.6 Å². The fourth-order valence-corrected chi connectivity index (χ4v) is 3.03. The minimum atomic E-state index is -0.393. The number of benzene rings is 2. The number of hydrogen-bond donors (Lipinski definition) is 2. The standard InChI is InChI=1S/C22H21BrN4O3/c1-14(16-6-8-17(23)9-7-16)27-22(29)20-11-19(25-13-26-20)21(28)24-12-15-4-3-5-18(10-15)30-2/h3-11,13-14H,12H2,1-2H3,(H,24,28)(H,27,29)/t14-/m1/s1. The fourth-order valence-electron chi connectivity index (χ4n) is 2.77. The van der Waals surface area contributed by atoms with E-state index in [4.69, 9.17) is 4.74 Å². The Bertz CT molecular complexity index is 1040. The van der Waals surface area contributed by atoms with Crippen molar-refractivity contribution >= 4 is 27.7 Å². The Morgan fingerprint density at radius 1 is 1.03 bits per heavy atom. The summed E-state index contributed by atoms with van der Waals surface area (Å²) in [6.45, 7) is 2.19. The van der Waals surface area contributed by atoms with E-state index in [1.54, 1.807) is 7.11 Å². The highest BCUT2D eigenvalue weighted by atomic mass is 79.9. The summed E-state index contributed by atoms with van der Waals surface area (Å²) in [6.07, 6.45) is 1.21. The van der Waals surface area contributed by atoms with Crippen LogP contribution in [-0.2, 0) is 6.54 Å². The second kappa shape index (κ2) is 9.98. The minimum Gasteiger partial charge on any atom is -0.497 e. The van der Waals surface area contributed by atoms with E-state index in [0.717, 1.165) is 15.6 Å². The number of nitrogens with zero attached hydrogens (tertiary/aromatic N) is 2. The molecule has 0 fully saturated rings. The van der Waals surface area contributed by atoms with Crippen molar-refractivity contribution < 1.29 is 14.3 Å². The molecule has 0 unspecified atom stereocenters. The summed E-state index contributed by atoms with van der Waals surface area (Å²) in [6, 6.07) is 16.2. The molecule has 0 bridgehead atoms. The first-order valence-corrected chi connectivity index (χ1v) is 10.0. The van der Waals surface area contributed by atoms with Gasteiger partial charge in [0.2, 0.25) is 0 Å². The zero-order chi connectivity index (χ0) is 21.5. The van der Waals surface area contributed by atoms with E-state index in [9.17, 15) is 9.59 Å². The highest BCUT2D eigenvalue weighted by molar-refractivity contribution is 9.10. The Labute approximate surface area is 183 Å². The number of carbonyl (C=O) groups excluding carboxylic acids is 2. The molecule has 1 atom stereocenters. The largest absolute Gasteiger partial charge is 0.497 e. The molecule has 30 heavy (non-hydrogen) atoms. The van der Waals surface area contributed by atoms with Crippen molar-refractivity contribution in [2.45, 2.75) is 19.5 Å². The van der Waals surface area contributed by atoms with Gasteiger partial charge in [-0.1, -0.05) is 40.2 Å². The van der Waals surface area contributed by atoms with Crippen molar-refractivity contribution in [1.29, 1.82) is 0 Å². The molecule has 2 amide bonds. The Morgan fingerprint density at radius 3 is 2.43 bits per heavy atom. The summed E-state index contributed by atoms with van der Waals surface area (Å²) < 4.78 is 6.14. The molecule has 2 N–H and O–H groups in total. The summed E-state index contributed by atoms with van der Waals surface area (Å²) >= 11 is 3.39. The quantitative estimate of drug-likeness (QED) is 0.551. The Hall–Kier alpha value is -3.26. The molecule has 3 rings (SSSR count). The van der Waals surface area contributed by atoms with Gasteiger partial charge in [0, 0.05) is 17.1 Å². The highest BCUT2D eigenvalue weighted by Crippen LogP contribution is 2.17. The number of carbonyl (C=O) groups is 2. The van der Waals surface area contributed by atoms with Crippen LogP contribution in [0.3, 0.4) is 0 Å². The van der Waals surface area contributed by atoms with Crippen LogP contribution in [0.1, 0.15) is 45.1 Å². The number of ether oxygens (including phenoxy) is 1. The van der Waals surface area contributed by atoms with Crippen LogP contribution in [0.15, 0.2) is 65.4 Å². The average molecular weight is 469 g/mol. The molecule has 0 saturated carbocycles.